The molecule has 1 atom stereocenters. The molecule has 0 aliphatic heterocycles. The summed E-state index contributed by atoms with van der Waals surface area (Å²) in [5.41, 5.74) is 3.07. The maximum Gasteiger partial charge on any atom is 0.422 e. The molecule has 0 aromatic carbocycles. The van der Waals surface area contributed by atoms with Crippen LogP contribution in [0.15, 0.2) is 11.9 Å². The Balaban J connectivity index is 4.95. The van der Waals surface area contributed by atoms with Crippen LogP contribution < -0.4 is 17.0 Å². The Bertz CT molecular complexity index is 204. The number of rotatable bonds is 3. The fourth-order valence-electron chi connectivity index (χ4n) is 0.777. The number of halogens is 3. The van der Waals surface area contributed by atoms with Gasteiger partial charge >= 0.3 is 6.18 Å². The number of nitrogens with two attached hydrogens (primary N) is 2. The molecule has 0 aromatic rings. The highest BCUT2D eigenvalue weighted by Gasteiger charge is 2.54. The molecule has 0 rings (SSSR count). The summed E-state index contributed by atoms with van der Waals surface area (Å²) in [6, 6.07) is 0. The van der Waals surface area contributed by atoms with Crippen LogP contribution in [0.1, 0.15) is 13.3 Å². The van der Waals surface area contributed by atoms with Gasteiger partial charge in [-0.1, -0.05) is 6.92 Å². The highest BCUT2D eigenvalue weighted by atomic mass is 19.4. The summed E-state index contributed by atoms with van der Waals surface area (Å²) >= 11 is 0. The summed E-state index contributed by atoms with van der Waals surface area (Å²) in [6.07, 6.45) is -4.67. The van der Waals surface area contributed by atoms with Crippen LogP contribution in [0.3, 0.4) is 0 Å². The minimum Gasteiger partial charge on any atom is -0.398 e. The molecule has 13 heavy (non-hydrogen) atoms. The number of nitrogens with one attached hydrogen (secondary N) is 1. The molecule has 0 saturated carbocycles. The fraction of sp³-hybridized carbons (Fsp3) is 0.667. The Morgan fingerprint density at radius 3 is 2.23 bits per heavy atom. The van der Waals surface area contributed by atoms with Crippen molar-refractivity contribution in [2.45, 2.75) is 25.1 Å². The van der Waals surface area contributed by atoms with Crippen LogP contribution in [0.2, 0.25) is 0 Å². The van der Waals surface area contributed by atoms with Crippen LogP contribution in [0.25, 0.3) is 0 Å². The predicted molar refractivity (Wildman–Crippen MR) is 40.9 cm³/mol. The molecule has 0 amide bonds. The summed E-state index contributed by atoms with van der Waals surface area (Å²) < 4.78 is 36.7. The third-order valence-corrected chi connectivity index (χ3v) is 1.70. The molecule has 0 saturated heterocycles. The van der Waals surface area contributed by atoms with Crippen molar-refractivity contribution in [2.24, 2.45) is 11.6 Å². The summed E-state index contributed by atoms with van der Waals surface area (Å²) in [5, 5.41) is 9.14. The Morgan fingerprint density at radius 1 is 1.54 bits per heavy atom. The number of hydrogen-bond acceptors (Lipinski definition) is 4. The Morgan fingerprint density at radius 2 is 2.00 bits per heavy atom. The smallest absolute Gasteiger partial charge is 0.398 e. The van der Waals surface area contributed by atoms with Gasteiger partial charge in [0.15, 0.2) is 0 Å². The van der Waals surface area contributed by atoms with Crippen molar-refractivity contribution in [1.82, 2.24) is 5.43 Å². The SMILES string of the molecule is CCC(O)(/C(N)=C/NN)C(F)(F)F. The normalized spacial score (nSPS) is 18.2. The third-order valence-electron chi connectivity index (χ3n) is 1.70. The fourth-order valence-corrected chi connectivity index (χ4v) is 0.777. The second-order valence-electron chi connectivity index (χ2n) is 2.48. The van der Waals surface area contributed by atoms with E-state index < -0.39 is 23.9 Å². The average molecular weight is 199 g/mol. The molecule has 0 radical (unpaired) electrons. The maximum absolute atomic E-state index is 12.2. The van der Waals surface area contributed by atoms with Gasteiger partial charge < -0.3 is 16.3 Å². The Kier molecular flexibility index (Phi) is 3.56. The van der Waals surface area contributed by atoms with Crippen LogP contribution in [-0.4, -0.2) is 16.9 Å². The molecule has 0 aliphatic carbocycles. The van der Waals surface area contributed by atoms with Gasteiger partial charge in [-0.3, -0.25) is 5.84 Å². The topological polar surface area (TPSA) is 84.3 Å². The molecule has 4 nitrogen and oxygen atoms in total. The average Bonchev–Trinajstić information content (AvgIpc) is 2.01. The van der Waals surface area contributed by atoms with E-state index in [9.17, 15) is 13.2 Å². The first-order valence-electron chi connectivity index (χ1n) is 3.51. The molecule has 0 heterocycles. The van der Waals surface area contributed by atoms with E-state index in [-0.39, 0.29) is 0 Å². The lowest BCUT2D eigenvalue weighted by Gasteiger charge is -2.29. The molecule has 0 bridgehead atoms. The summed E-state index contributed by atoms with van der Waals surface area (Å²) in [6.45, 7) is 1.17. The molecule has 0 spiro atoms. The van der Waals surface area contributed by atoms with Gasteiger partial charge in [0.05, 0.1) is 5.70 Å². The zero-order valence-electron chi connectivity index (χ0n) is 7.02. The minimum atomic E-state index is -4.81. The second kappa shape index (κ2) is 3.84. The maximum atomic E-state index is 12.2. The minimum absolute atomic E-state index is 0.569. The van der Waals surface area contributed by atoms with Gasteiger partial charge in [0.25, 0.3) is 0 Å². The molecule has 0 aromatic heterocycles. The van der Waals surface area contributed by atoms with Crippen molar-refractivity contribution in [3.8, 4) is 0 Å². The van der Waals surface area contributed by atoms with Gasteiger partial charge in [-0.2, -0.15) is 13.2 Å². The van der Waals surface area contributed by atoms with Crippen LogP contribution in [-0.2, 0) is 0 Å². The van der Waals surface area contributed by atoms with Gasteiger partial charge in [0.2, 0.25) is 5.60 Å². The second-order valence-corrected chi connectivity index (χ2v) is 2.48. The molecule has 0 fully saturated rings. The highest BCUT2D eigenvalue weighted by molar-refractivity contribution is 5.15. The van der Waals surface area contributed by atoms with E-state index in [0.717, 1.165) is 0 Å². The molecule has 0 aliphatic rings. The first-order chi connectivity index (χ1) is 5.79. The third kappa shape index (κ3) is 2.25. The van der Waals surface area contributed by atoms with E-state index in [4.69, 9.17) is 16.7 Å². The number of aliphatic hydroxyl groups is 1. The molecular formula is C6H12F3N3O. The van der Waals surface area contributed by atoms with Crippen molar-refractivity contribution in [3.05, 3.63) is 11.9 Å². The van der Waals surface area contributed by atoms with Gasteiger partial charge in [-0.05, 0) is 6.42 Å². The molecular weight excluding hydrogens is 187 g/mol. The van der Waals surface area contributed by atoms with Gasteiger partial charge in [-0.15, -0.1) is 0 Å². The number of hydrazine groups is 1. The Labute approximate surface area is 73.4 Å². The summed E-state index contributed by atoms with van der Waals surface area (Å²) in [7, 11) is 0. The zero-order valence-corrected chi connectivity index (χ0v) is 7.02. The van der Waals surface area contributed by atoms with E-state index in [0.29, 0.717) is 6.20 Å². The van der Waals surface area contributed by atoms with Crippen LogP contribution in [0.4, 0.5) is 13.2 Å². The van der Waals surface area contributed by atoms with Crippen molar-refractivity contribution in [2.75, 3.05) is 0 Å². The van der Waals surface area contributed by atoms with Crippen LogP contribution in [0.5, 0.6) is 0 Å². The predicted octanol–water partition coefficient (Wildman–Crippen LogP) is -0.0468. The van der Waals surface area contributed by atoms with E-state index in [2.05, 4.69) is 0 Å². The van der Waals surface area contributed by atoms with Gasteiger partial charge in [-0.25, -0.2) is 0 Å². The lowest BCUT2D eigenvalue weighted by Crippen LogP contribution is -2.49. The van der Waals surface area contributed by atoms with Crippen molar-refractivity contribution < 1.29 is 18.3 Å². The van der Waals surface area contributed by atoms with E-state index >= 15 is 0 Å². The van der Waals surface area contributed by atoms with Gasteiger partial charge in [0.1, 0.15) is 0 Å². The standard InChI is InChI=1S/C6H12F3N3O/c1-2-5(13,6(7,8)9)4(10)3-12-11/h3,12-13H,2,10-11H2,1H3/b4-3-. The van der Waals surface area contributed by atoms with Crippen molar-refractivity contribution in [1.29, 1.82) is 0 Å². The van der Waals surface area contributed by atoms with E-state index in [1.807, 2.05) is 5.43 Å². The quantitative estimate of drug-likeness (QED) is 0.379. The molecule has 78 valence electrons. The largest absolute Gasteiger partial charge is 0.422 e. The monoisotopic (exact) mass is 199 g/mol. The Hall–Kier alpha value is -0.950. The number of hydrogen-bond donors (Lipinski definition) is 4. The van der Waals surface area contributed by atoms with Crippen molar-refractivity contribution >= 4 is 0 Å². The van der Waals surface area contributed by atoms with E-state index in [1.165, 1.54) is 6.92 Å². The molecule has 1 unspecified atom stereocenters. The first-order valence-corrected chi connectivity index (χ1v) is 3.51. The zero-order chi connectivity index (χ0) is 10.7. The summed E-state index contributed by atoms with van der Waals surface area (Å²) in [5.74, 6) is 4.74. The highest BCUT2D eigenvalue weighted by Crippen LogP contribution is 2.36. The number of alkyl halides is 3. The molecule has 7 heteroatoms. The molecule has 6 N–H and O–H groups in total. The van der Waals surface area contributed by atoms with Gasteiger partial charge in [0, 0.05) is 6.20 Å². The lowest BCUT2D eigenvalue weighted by molar-refractivity contribution is -0.245. The lowest BCUT2D eigenvalue weighted by atomic mass is 9.96. The van der Waals surface area contributed by atoms with Crippen molar-refractivity contribution in [3.63, 3.8) is 0 Å². The van der Waals surface area contributed by atoms with E-state index in [1.54, 1.807) is 0 Å². The first kappa shape index (κ1) is 12.0. The van der Waals surface area contributed by atoms with Crippen LogP contribution in [0, 0.1) is 0 Å². The van der Waals surface area contributed by atoms with Crippen LogP contribution >= 0.6 is 0 Å². The summed E-state index contributed by atoms with van der Waals surface area (Å²) in [4.78, 5) is 0.